The van der Waals surface area contributed by atoms with Crippen LogP contribution in [0, 0.1) is 5.82 Å². The maximum Gasteiger partial charge on any atom is 0.154 e. The lowest BCUT2D eigenvalue weighted by atomic mass is 10.2. The third kappa shape index (κ3) is 2.43. The predicted molar refractivity (Wildman–Crippen MR) is 58.0 cm³/mol. The first-order valence-electron chi connectivity index (χ1n) is 4.11. The van der Waals surface area contributed by atoms with E-state index in [4.69, 9.17) is 0 Å². The van der Waals surface area contributed by atoms with Crippen LogP contribution in [0.4, 0.5) is 4.39 Å². The van der Waals surface area contributed by atoms with E-state index < -0.39 is 0 Å². The van der Waals surface area contributed by atoms with Crippen LogP contribution in [-0.4, -0.2) is 11.3 Å². The number of hydrogen-bond acceptors (Lipinski definition) is 4. The lowest BCUT2D eigenvalue weighted by molar-refractivity contribution is 0.112. The molecule has 1 aromatic heterocycles. The van der Waals surface area contributed by atoms with Gasteiger partial charge in [0, 0.05) is 17.1 Å². The Morgan fingerprint density at radius 2 is 2.33 bits per heavy atom. The van der Waals surface area contributed by atoms with Crippen molar-refractivity contribution in [3.8, 4) is 0 Å². The summed E-state index contributed by atoms with van der Waals surface area (Å²) in [7, 11) is 0. The molecule has 0 atom stereocenters. The van der Waals surface area contributed by atoms with Gasteiger partial charge in [0.25, 0.3) is 0 Å². The van der Waals surface area contributed by atoms with Gasteiger partial charge in [0.2, 0.25) is 0 Å². The van der Waals surface area contributed by atoms with Gasteiger partial charge in [-0.3, -0.25) is 4.79 Å². The minimum Gasteiger partial charge on any atom is -0.298 e. The average molecular weight is 239 g/mol. The Bertz CT molecular complexity index is 470. The van der Waals surface area contributed by atoms with Crippen molar-refractivity contribution >= 4 is 29.4 Å². The normalized spacial score (nSPS) is 10.2. The molecule has 0 fully saturated rings. The van der Waals surface area contributed by atoms with Crippen molar-refractivity contribution in [2.24, 2.45) is 0 Å². The molecule has 1 heterocycles. The molecular weight excluding hydrogens is 233 g/mol. The van der Waals surface area contributed by atoms with Gasteiger partial charge in [-0.1, -0.05) is 17.8 Å². The van der Waals surface area contributed by atoms with Crippen molar-refractivity contribution in [1.29, 1.82) is 0 Å². The van der Waals surface area contributed by atoms with Crippen LogP contribution >= 0.6 is 23.1 Å². The first-order valence-corrected chi connectivity index (χ1v) is 5.81. The van der Waals surface area contributed by atoms with Crippen LogP contribution in [0.3, 0.4) is 0 Å². The summed E-state index contributed by atoms with van der Waals surface area (Å²) in [4.78, 5) is 14.9. The summed E-state index contributed by atoms with van der Waals surface area (Å²) < 4.78 is 14.2. The molecule has 2 nitrogen and oxygen atoms in total. The molecular formula is C10H6FNOS2. The summed E-state index contributed by atoms with van der Waals surface area (Å²) in [6.07, 6.45) is 2.30. The minimum atomic E-state index is -0.389. The topological polar surface area (TPSA) is 30.0 Å². The lowest BCUT2D eigenvalue weighted by Crippen LogP contribution is -1.85. The van der Waals surface area contributed by atoms with Crippen molar-refractivity contribution in [3.05, 3.63) is 41.2 Å². The van der Waals surface area contributed by atoms with E-state index in [0.717, 1.165) is 4.34 Å². The lowest BCUT2D eigenvalue weighted by Gasteiger charge is -2.00. The average Bonchev–Trinajstić information content (AvgIpc) is 2.74. The van der Waals surface area contributed by atoms with E-state index in [1.165, 1.54) is 29.2 Å². The number of thiazole rings is 1. The Hall–Kier alpha value is -1.20. The Labute approximate surface area is 94.2 Å². The summed E-state index contributed by atoms with van der Waals surface area (Å²) in [5.74, 6) is -0.389. The Morgan fingerprint density at radius 1 is 1.47 bits per heavy atom. The standard InChI is InChI=1S/C10H6FNOS2/c11-8-5-7(6-13)1-2-9(8)15-10-12-3-4-14-10/h1-6H. The number of aldehydes is 1. The van der Waals surface area contributed by atoms with Gasteiger partial charge in [-0.05, 0) is 12.1 Å². The molecule has 0 aliphatic carbocycles. The number of nitrogens with zero attached hydrogens (tertiary/aromatic N) is 1. The largest absolute Gasteiger partial charge is 0.298 e. The minimum absolute atomic E-state index is 0.344. The molecule has 0 spiro atoms. The fourth-order valence-electron chi connectivity index (χ4n) is 1.03. The van der Waals surface area contributed by atoms with E-state index in [9.17, 15) is 9.18 Å². The molecule has 0 saturated heterocycles. The molecule has 0 aliphatic rings. The summed E-state index contributed by atoms with van der Waals surface area (Å²) >= 11 is 2.71. The van der Waals surface area contributed by atoms with Crippen molar-refractivity contribution < 1.29 is 9.18 Å². The van der Waals surface area contributed by atoms with Crippen molar-refractivity contribution in [3.63, 3.8) is 0 Å². The van der Waals surface area contributed by atoms with E-state index in [1.807, 2.05) is 5.38 Å². The predicted octanol–water partition coefficient (Wildman–Crippen LogP) is 3.25. The molecule has 0 bridgehead atoms. The number of carbonyl (C=O) groups is 1. The number of aromatic nitrogens is 1. The summed E-state index contributed by atoms with van der Waals surface area (Å²) in [6.45, 7) is 0. The molecule has 0 N–H and O–H groups in total. The highest BCUT2D eigenvalue weighted by Gasteiger charge is 2.06. The van der Waals surface area contributed by atoms with E-state index in [1.54, 1.807) is 18.3 Å². The van der Waals surface area contributed by atoms with Crippen LogP contribution in [0.2, 0.25) is 0 Å². The summed E-state index contributed by atoms with van der Waals surface area (Å²) in [6, 6.07) is 4.40. The first kappa shape index (κ1) is 10.3. The highest BCUT2D eigenvalue weighted by molar-refractivity contribution is 8.01. The fraction of sp³-hybridized carbons (Fsp3) is 0. The van der Waals surface area contributed by atoms with Crippen molar-refractivity contribution in [1.82, 2.24) is 4.98 Å². The number of hydrogen-bond donors (Lipinski definition) is 0. The molecule has 0 radical (unpaired) electrons. The van der Waals surface area contributed by atoms with Gasteiger partial charge in [-0.15, -0.1) is 11.3 Å². The van der Waals surface area contributed by atoms with Gasteiger partial charge >= 0.3 is 0 Å². The quantitative estimate of drug-likeness (QED) is 0.770. The van der Waals surface area contributed by atoms with Crippen LogP contribution in [-0.2, 0) is 0 Å². The number of halogens is 1. The second-order valence-electron chi connectivity index (χ2n) is 2.71. The zero-order chi connectivity index (χ0) is 10.7. The first-order chi connectivity index (χ1) is 7.29. The van der Waals surface area contributed by atoms with Gasteiger partial charge in [-0.25, -0.2) is 9.37 Å². The van der Waals surface area contributed by atoms with Crippen LogP contribution in [0.1, 0.15) is 10.4 Å². The van der Waals surface area contributed by atoms with Gasteiger partial charge in [0.15, 0.2) is 4.34 Å². The summed E-state index contributed by atoms with van der Waals surface area (Å²) in [5, 5.41) is 1.83. The molecule has 76 valence electrons. The Kier molecular flexibility index (Phi) is 3.13. The van der Waals surface area contributed by atoms with E-state index >= 15 is 0 Å². The Balaban J connectivity index is 2.26. The number of benzene rings is 1. The molecule has 15 heavy (non-hydrogen) atoms. The van der Waals surface area contributed by atoms with Gasteiger partial charge in [0.05, 0.1) is 4.90 Å². The van der Waals surface area contributed by atoms with Crippen LogP contribution < -0.4 is 0 Å². The molecule has 1 aromatic carbocycles. The second-order valence-corrected chi connectivity index (χ2v) is 4.89. The zero-order valence-electron chi connectivity index (χ0n) is 7.51. The zero-order valence-corrected chi connectivity index (χ0v) is 9.15. The molecule has 2 rings (SSSR count). The van der Waals surface area contributed by atoms with Crippen molar-refractivity contribution in [2.75, 3.05) is 0 Å². The summed E-state index contributed by atoms with van der Waals surface area (Å²) in [5.41, 5.74) is 0.344. The third-order valence-corrected chi connectivity index (χ3v) is 3.63. The van der Waals surface area contributed by atoms with E-state index in [0.29, 0.717) is 16.7 Å². The SMILES string of the molecule is O=Cc1ccc(Sc2nccs2)c(F)c1. The molecule has 2 aromatic rings. The fourth-order valence-corrected chi connectivity index (χ4v) is 2.61. The van der Waals surface area contributed by atoms with Gasteiger partial charge < -0.3 is 0 Å². The van der Waals surface area contributed by atoms with E-state index in [-0.39, 0.29) is 5.82 Å². The van der Waals surface area contributed by atoms with Crippen LogP contribution in [0.25, 0.3) is 0 Å². The monoisotopic (exact) mass is 239 g/mol. The number of carbonyl (C=O) groups excluding carboxylic acids is 1. The van der Waals surface area contributed by atoms with Gasteiger partial charge in [-0.2, -0.15) is 0 Å². The second kappa shape index (κ2) is 4.55. The maximum atomic E-state index is 13.4. The molecule has 5 heteroatoms. The third-order valence-electron chi connectivity index (χ3n) is 1.70. The maximum absolute atomic E-state index is 13.4. The highest BCUT2D eigenvalue weighted by Crippen LogP contribution is 2.31. The highest BCUT2D eigenvalue weighted by atomic mass is 32.2. The van der Waals surface area contributed by atoms with E-state index in [2.05, 4.69) is 4.98 Å². The Morgan fingerprint density at radius 3 is 2.93 bits per heavy atom. The number of rotatable bonds is 3. The van der Waals surface area contributed by atoms with Crippen LogP contribution in [0.5, 0.6) is 0 Å². The van der Waals surface area contributed by atoms with Gasteiger partial charge in [0.1, 0.15) is 12.1 Å². The van der Waals surface area contributed by atoms with Crippen molar-refractivity contribution in [2.45, 2.75) is 9.24 Å². The molecule has 0 aliphatic heterocycles. The molecule has 0 unspecified atom stereocenters. The molecule has 0 amide bonds. The molecule has 0 saturated carbocycles. The van der Waals surface area contributed by atoms with Crippen LogP contribution in [0.15, 0.2) is 39.0 Å². The smallest absolute Gasteiger partial charge is 0.154 e.